The predicted octanol–water partition coefficient (Wildman–Crippen LogP) is 2.00. The molecule has 1 heterocycles. The van der Waals surface area contributed by atoms with Gasteiger partial charge in [-0.05, 0) is 30.5 Å². The molecule has 2 aromatic rings. The van der Waals surface area contributed by atoms with Gasteiger partial charge < -0.3 is 4.52 Å². The summed E-state index contributed by atoms with van der Waals surface area (Å²) >= 11 is 0. The zero-order chi connectivity index (χ0) is 13.7. The normalized spacial score (nSPS) is 10.4. The highest BCUT2D eigenvalue weighted by Crippen LogP contribution is 2.12. The first-order chi connectivity index (χ1) is 9.19. The standard InChI is InChI=1S/C15H17N3O/c1-4-7-16-10-15-17-14(18-19-15)9-13-6-5-11(2)12(3)8-13/h1,5-6,8,16H,7,9-10H2,2-3H3. The Morgan fingerprint density at radius 2 is 2.16 bits per heavy atom. The molecular formula is C15H17N3O. The van der Waals surface area contributed by atoms with Crippen molar-refractivity contribution in [1.29, 1.82) is 0 Å². The Morgan fingerprint density at radius 1 is 1.32 bits per heavy atom. The van der Waals surface area contributed by atoms with Crippen LogP contribution in [0.1, 0.15) is 28.4 Å². The van der Waals surface area contributed by atoms with Gasteiger partial charge in [-0.25, -0.2) is 0 Å². The maximum Gasteiger partial charge on any atom is 0.240 e. The lowest BCUT2D eigenvalue weighted by molar-refractivity contribution is 0.366. The summed E-state index contributed by atoms with van der Waals surface area (Å²) in [5.74, 6) is 3.75. The molecule has 19 heavy (non-hydrogen) atoms. The van der Waals surface area contributed by atoms with Gasteiger partial charge in [-0.2, -0.15) is 4.98 Å². The maximum absolute atomic E-state index is 5.15. The van der Waals surface area contributed by atoms with Gasteiger partial charge in [0.25, 0.3) is 0 Å². The Kier molecular flexibility index (Phi) is 4.32. The molecule has 0 saturated heterocycles. The van der Waals surface area contributed by atoms with Crippen molar-refractivity contribution in [1.82, 2.24) is 15.5 Å². The molecule has 2 rings (SSSR count). The first-order valence-corrected chi connectivity index (χ1v) is 6.21. The fourth-order valence-corrected chi connectivity index (χ4v) is 1.77. The van der Waals surface area contributed by atoms with Gasteiger partial charge in [0.1, 0.15) is 0 Å². The molecule has 0 atom stereocenters. The van der Waals surface area contributed by atoms with Gasteiger partial charge in [-0.15, -0.1) is 6.42 Å². The zero-order valence-corrected chi connectivity index (χ0v) is 11.2. The molecule has 0 unspecified atom stereocenters. The Hall–Kier alpha value is -2.12. The third-order valence-electron chi connectivity index (χ3n) is 2.95. The van der Waals surface area contributed by atoms with E-state index in [1.165, 1.54) is 16.7 Å². The van der Waals surface area contributed by atoms with Crippen molar-refractivity contribution in [3.8, 4) is 12.3 Å². The van der Waals surface area contributed by atoms with Gasteiger partial charge in [-0.1, -0.05) is 29.3 Å². The van der Waals surface area contributed by atoms with Crippen LogP contribution in [0.2, 0.25) is 0 Å². The van der Waals surface area contributed by atoms with Crippen molar-refractivity contribution in [2.24, 2.45) is 0 Å². The molecule has 0 fully saturated rings. The van der Waals surface area contributed by atoms with Gasteiger partial charge >= 0.3 is 0 Å². The second-order valence-corrected chi connectivity index (χ2v) is 4.51. The van der Waals surface area contributed by atoms with Crippen LogP contribution < -0.4 is 5.32 Å². The molecule has 1 aromatic heterocycles. The smallest absolute Gasteiger partial charge is 0.240 e. The summed E-state index contributed by atoms with van der Waals surface area (Å²) in [6.45, 7) is 5.20. The van der Waals surface area contributed by atoms with E-state index in [0.29, 0.717) is 31.2 Å². The molecular weight excluding hydrogens is 238 g/mol. The van der Waals surface area contributed by atoms with Crippen LogP contribution in [0.3, 0.4) is 0 Å². The maximum atomic E-state index is 5.15. The van der Waals surface area contributed by atoms with Crippen LogP contribution >= 0.6 is 0 Å². The van der Waals surface area contributed by atoms with Crippen molar-refractivity contribution >= 4 is 0 Å². The zero-order valence-electron chi connectivity index (χ0n) is 11.2. The lowest BCUT2D eigenvalue weighted by Crippen LogP contribution is -2.13. The number of benzene rings is 1. The highest BCUT2D eigenvalue weighted by atomic mass is 16.5. The molecule has 1 aromatic carbocycles. The number of terminal acetylenes is 1. The van der Waals surface area contributed by atoms with Crippen LogP contribution in [-0.2, 0) is 13.0 Å². The van der Waals surface area contributed by atoms with E-state index in [1.807, 2.05) is 0 Å². The lowest BCUT2D eigenvalue weighted by atomic mass is 10.0. The van der Waals surface area contributed by atoms with E-state index < -0.39 is 0 Å². The van der Waals surface area contributed by atoms with Crippen LogP contribution in [0.25, 0.3) is 0 Å². The van der Waals surface area contributed by atoms with Crippen molar-refractivity contribution in [2.45, 2.75) is 26.8 Å². The van der Waals surface area contributed by atoms with Gasteiger partial charge in [0.15, 0.2) is 5.82 Å². The Morgan fingerprint density at radius 3 is 2.89 bits per heavy atom. The number of nitrogens with zero attached hydrogens (tertiary/aromatic N) is 2. The van der Waals surface area contributed by atoms with Crippen LogP contribution in [0, 0.1) is 26.2 Å². The molecule has 0 aliphatic rings. The van der Waals surface area contributed by atoms with E-state index in [4.69, 9.17) is 10.9 Å². The Labute approximate surface area is 113 Å². The summed E-state index contributed by atoms with van der Waals surface area (Å²) in [6.07, 6.45) is 5.83. The van der Waals surface area contributed by atoms with E-state index >= 15 is 0 Å². The third kappa shape index (κ3) is 3.67. The molecule has 4 nitrogen and oxygen atoms in total. The topological polar surface area (TPSA) is 51.0 Å². The number of hydrogen-bond donors (Lipinski definition) is 1. The summed E-state index contributed by atoms with van der Waals surface area (Å²) in [5.41, 5.74) is 3.75. The largest absolute Gasteiger partial charge is 0.338 e. The average molecular weight is 255 g/mol. The lowest BCUT2D eigenvalue weighted by Gasteiger charge is -2.02. The van der Waals surface area contributed by atoms with Crippen molar-refractivity contribution in [3.63, 3.8) is 0 Å². The highest BCUT2D eigenvalue weighted by Gasteiger charge is 2.07. The highest BCUT2D eigenvalue weighted by molar-refractivity contribution is 5.31. The fraction of sp³-hybridized carbons (Fsp3) is 0.333. The molecule has 98 valence electrons. The summed E-state index contributed by atoms with van der Waals surface area (Å²) in [5, 5.41) is 6.98. The molecule has 0 bridgehead atoms. The first-order valence-electron chi connectivity index (χ1n) is 6.21. The van der Waals surface area contributed by atoms with Crippen LogP contribution in [0.4, 0.5) is 0 Å². The van der Waals surface area contributed by atoms with E-state index in [9.17, 15) is 0 Å². The van der Waals surface area contributed by atoms with E-state index in [0.717, 1.165) is 0 Å². The van der Waals surface area contributed by atoms with Crippen LogP contribution in [-0.4, -0.2) is 16.7 Å². The summed E-state index contributed by atoms with van der Waals surface area (Å²) in [6, 6.07) is 6.36. The summed E-state index contributed by atoms with van der Waals surface area (Å²) in [7, 11) is 0. The molecule has 1 N–H and O–H groups in total. The first kappa shape index (κ1) is 13.3. The number of nitrogens with one attached hydrogen (secondary N) is 1. The van der Waals surface area contributed by atoms with E-state index in [2.05, 4.69) is 53.4 Å². The Balaban J connectivity index is 1.99. The number of aromatic nitrogens is 2. The molecule has 4 heteroatoms. The molecule has 0 spiro atoms. The molecule has 0 amide bonds. The van der Waals surface area contributed by atoms with Crippen molar-refractivity contribution in [3.05, 3.63) is 46.6 Å². The second-order valence-electron chi connectivity index (χ2n) is 4.51. The third-order valence-corrected chi connectivity index (χ3v) is 2.95. The van der Waals surface area contributed by atoms with Gasteiger partial charge in [0.05, 0.1) is 13.1 Å². The quantitative estimate of drug-likeness (QED) is 0.656. The van der Waals surface area contributed by atoms with Gasteiger partial charge in [0.2, 0.25) is 5.89 Å². The molecule has 0 saturated carbocycles. The van der Waals surface area contributed by atoms with E-state index in [-0.39, 0.29) is 0 Å². The predicted molar refractivity (Wildman–Crippen MR) is 73.6 cm³/mol. The average Bonchev–Trinajstić information content (AvgIpc) is 2.82. The van der Waals surface area contributed by atoms with Gasteiger partial charge in [-0.3, -0.25) is 5.32 Å². The number of rotatable bonds is 5. The summed E-state index contributed by atoms with van der Waals surface area (Å²) in [4.78, 5) is 4.32. The minimum Gasteiger partial charge on any atom is -0.338 e. The van der Waals surface area contributed by atoms with Gasteiger partial charge in [0, 0.05) is 6.42 Å². The van der Waals surface area contributed by atoms with Crippen molar-refractivity contribution in [2.75, 3.05) is 6.54 Å². The fourth-order valence-electron chi connectivity index (χ4n) is 1.77. The van der Waals surface area contributed by atoms with Crippen molar-refractivity contribution < 1.29 is 4.52 Å². The Bertz CT molecular complexity index is 596. The number of aryl methyl sites for hydroxylation is 2. The minimum absolute atomic E-state index is 0.495. The summed E-state index contributed by atoms with van der Waals surface area (Å²) < 4.78 is 5.15. The molecule has 0 radical (unpaired) electrons. The minimum atomic E-state index is 0.495. The SMILES string of the molecule is C#CCNCc1nc(Cc2ccc(C)c(C)c2)no1. The molecule has 0 aliphatic carbocycles. The second kappa shape index (κ2) is 6.17. The monoisotopic (exact) mass is 255 g/mol. The van der Waals surface area contributed by atoms with Crippen LogP contribution in [0.15, 0.2) is 22.7 Å². The number of hydrogen-bond acceptors (Lipinski definition) is 4. The molecule has 0 aliphatic heterocycles. The van der Waals surface area contributed by atoms with E-state index in [1.54, 1.807) is 0 Å². The van der Waals surface area contributed by atoms with Crippen LogP contribution in [0.5, 0.6) is 0 Å².